The Bertz CT molecular complexity index is 533. The summed E-state index contributed by atoms with van der Waals surface area (Å²) in [6, 6.07) is 6.95. The third kappa shape index (κ3) is 1.91. The average molecular weight is 251 g/mol. The molecule has 0 aliphatic carbocycles. The molecule has 0 N–H and O–H groups in total. The number of aryl methyl sites for hydroxylation is 1. The standard InChI is InChI=1S/C13H17NO2S/c1-4-13(3)9-10-14(13)17(15,16)12-7-5-11(2)6-8-12/h4-8H,1,9-10H2,2-3H3/t13-/m0/s1. The molecule has 17 heavy (non-hydrogen) atoms. The number of rotatable bonds is 3. The van der Waals surface area contributed by atoms with Gasteiger partial charge in [-0.2, -0.15) is 4.31 Å². The molecule has 1 aliphatic heterocycles. The van der Waals surface area contributed by atoms with E-state index in [1.54, 1.807) is 18.2 Å². The van der Waals surface area contributed by atoms with E-state index in [2.05, 4.69) is 6.58 Å². The van der Waals surface area contributed by atoms with E-state index in [9.17, 15) is 8.42 Å². The van der Waals surface area contributed by atoms with Crippen LogP contribution in [0.1, 0.15) is 18.9 Å². The minimum Gasteiger partial charge on any atom is -0.207 e. The lowest BCUT2D eigenvalue weighted by Crippen LogP contribution is -2.58. The fraction of sp³-hybridized carbons (Fsp3) is 0.385. The lowest BCUT2D eigenvalue weighted by Gasteiger charge is -2.47. The van der Waals surface area contributed by atoms with Gasteiger partial charge in [-0.05, 0) is 32.4 Å². The van der Waals surface area contributed by atoms with Crippen molar-refractivity contribution in [2.24, 2.45) is 0 Å². The Morgan fingerprint density at radius 3 is 2.35 bits per heavy atom. The molecule has 1 heterocycles. The Balaban J connectivity index is 2.38. The van der Waals surface area contributed by atoms with Gasteiger partial charge in [0.25, 0.3) is 0 Å². The largest absolute Gasteiger partial charge is 0.243 e. The zero-order valence-corrected chi connectivity index (χ0v) is 11.0. The Hall–Kier alpha value is -1.13. The van der Waals surface area contributed by atoms with Gasteiger partial charge in [0.1, 0.15) is 0 Å². The molecule has 0 radical (unpaired) electrons. The molecule has 0 saturated carbocycles. The molecule has 0 aromatic heterocycles. The van der Waals surface area contributed by atoms with E-state index in [0.29, 0.717) is 11.4 Å². The lowest BCUT2D eigenvalue weighted by atomic mass is 9.91. The molecule has 0 amide bonds. The zero-order valence-electron chi connectivity index (χ0n) is 10.2. The van der Waals surface area contributed by atoms with Gasteiger partial charge in [-0.3, -0.25) is 0 Å². The van der Waals surface area contributed by atoms with Crippen LogP contribution in [-0.2, 0) is 10.0 Å². The summed E-state index contributed by atoms with van der Waals surface area (Å²) in [6.07, 6.45) is 2.55. The summed E-state index contributed by atoms with van der Waals surface area (Å²) in [7, 11) is -3.38. The Morgan fingerprint density at radius 2 is 1.94 bits per heavy atom. The van der Waals surface area contributed by atoms with Crippen molar-refractivity contribution in [2.75, 3.05) is 6.54 Å². The van der Waals surface area contributed by atoms with Crippen LogP contribution in [0.25, 0.3) is 0 Å². The summed E-state index contributed by atoms with van der Waals surface area (Å²) in [5, 5.41) is 0. The Labute approximate surface area is 103 Å². The van der Waals surface area contributed by atoms with Gasteiger partial charge >= 0.3 is 0 Å². The molecule has 1 aromatic carbocycles. The molecular weight excluding hydrogens is 234 g/mol. The van der Waals surface area contributed by atoms with Crippen molar-refractivity contribution in [2.45, 2.75) is 30.7 Å². The third-order valence-electron chi connectivity index (χ3n) is 3.44. The number of hydrogen-bond donors (Lipinski definition) is 0. The van der Waals surface area contributed by atoms with Gasteiger partial charge in [0, 0.05) is 6.54 Å². The van der Waals surface area contributed by atoms with Crippen molar-refractivity contribution in [3.05, 3.63) is 42.5 Å². The van der Waals surface area contributed by atoms with E-state index < -0.39 is 15.6 Å². The van der Waals surface area contributed by atoms with Crippen molar-refractivity contribution in [3.63, 3.8) is 0 Å². The van der Waals surface area contributed by atoms with E-state index in [1.807, 2.05) is 26.0 Å². The highest BCUT2D eigenvalue weighted by molar-refractivity contribution is 7.89. The number of benzene rings is 1. The first kappa shape index (κ1) is 12.3. The van der Waals surface area contributed by atoms with Crippen LogP contribution in [0.4, 0.5) is 0 Å². The first-order valence-corrected chi connectivity index (χ1v) is 7.07. The van der Waals surface area contributed by atoms with E-state index in [1.165, 1.54) is 4.31 Å². The average Bonchev–Trinajstić information content (AvgIpc) is 2.26. The normalized spacial score (nSPS) is 25.3. The van der Waals surface area contributed by atoms with E-state index >= 15 is 0 Å². The topological polar surface area (TPSA) is 37.4 Å². The van der Waals surface area contributed by atoms with Crippen LogP contribution in [0, 0.1) is 6.92 Å². The highest BCUT2D eigenvalue weighted by Crippen LogP contribution is 2.36. The molecule has 1 aliphatic rings. The van der Waals surface area contributed by atoms with Crippen LogP contribution in [0.2, 0.25) is 0 Å². The minimum absolute atomic E-state index is 0.357. The smallest absolute Gasteiger partial charge is 0.207 e. The van der Waals surface area contributed by atoms with Crippen molar-refractivity contribution in [3.8, 4) is 0 Å². The van der Waals surface area contributed by atoms with Crippen LogP contribution in [0.15, 0.2) is 41.8 Å². The van der Waals surface area contributed by atoms with Crippen LogP contribution >= 0.6 is 0 Å². The van der Waals surface area contributed by atoms with Gasteiger partial charge in [-0.25, -0.2) is 8.42 Å². The van der Waals surface area contributed by atoms with Crippen LogP contribution in [-0.4, -0.2) is 24.8 Å². The van der Waals surface area contributed by atoms with Gasteiger partial charge in [-0.1, -0.05) is 23.8 Å². The molecule has 4 heteroatoms. The molecule has 3 nitrogen and oxygen atoms in total. The zero-order chi connectivity index (χ0) is 12.7. The second-order valence-electron chi connectivity index (χ2n) is 4.70. The second kappa shape index (κ2) is 3.96. The molecule has 1 atom stereocenters. The summed E-state index contributed by atoms with van der Waals surface area (Å²) in [4.78, 5) is 0.357. The summed E-state index contributed by atoms with van der Waals surface area (Å²) < 4.78 is 26.3. The molecule has 1 fully saturated rings. The first-order chi connectivity index (χ1) is 7.90. The quantitative estimate of drug-likeness (QED) is 0.773. The maximum Gasteiger partial charge on any atom is 0.243 e. The SMILES string of the molecule is C=C[C@@]1(C)CCN1S(=O)(=O)c1ccc(C)cc1. The minimum atomic E-state index is -3.38. The summed E-state index contributed by atoms with van der Waals surface area (Å²) in [5.74, 6) is 0. The fourth-order valence-corrected chi connectivity index (χ4v) is 3.77. The highest BCUT2D eigenvalue weighted by Gasteiger charge is 2.45. The molecular formula is C13H17NO2S. The predicted molar refractivity (Wildman–Crippen MR) is 68.3 cm³/mol. The van der Waals surface area contributed by atoms with Crippen molar-refractivity contribution in [1.29, 1.82) is 0 Å². The van der Waals surface area contributed by atoms with Crippen LogP contribution in [0.5, 0.6) is 0 Å². The second-order valence-corrected chi connectivity index (χ2v) is 6.56. The third-order valence-corrected chi connectivity index (χ3v) is 5.49. The van der Waals surface area contributed by atoms with Crippen molar-refractivity contribution < 1.29 is 8.42 Å². The molecule has 1 aromatic rings. The van der Waals surface area contributed by atoms with Gasteiger partial charge < -0.3 is 0 Å². The Kier molecular flexibility index (Phi) is 2.87. The maximum absolute atomic E-state index is 12.4. The lowest BCUT2D eigenvalue weighted by molar-refractivity contribution is 0.140. The maximum atomic E-state index is 12.4. The van der Waals surface area contributed by atoms with E-state index in [-0.39, 0.29) is 0 Å². The van der Waals surface area contributed by atoms with Crippen LogP contribution in [0.3, 0.4) is 0 Å². The van der Waals surface area contributed by atoms with Crippen LogP contribution < -0.4 is 0 Å². The van der Waals surface area contributed by atoms with Crippen molar-refractivity contribution in [1.82, 2.24) is 4.31 Å². The number of hydrogen-bond acceptors (Lipinski definition) is 2. The fourth-order valence-electron chi connectivity index (χ4n) is 1.99. The summed E-state index contributed by atoms with van der Waals surface area (Å²) in [6.45, 7) is 8.12. The predicted octanol–water partition coefficient (Wildman–Crippen LogP) is 2.33. The highest BCUT2D eigenvalue weighted by atomic mass is 32.2. The monoisotopic (exact) mass is 251 g/mol. The van der Waals surface area contributed by atoms with Gasteiger partial charge in [0.05, 0.1) is 10.4 Å². The van der Waals surface area contributed by atoms with Gasteiger partial charge in [-0.15, -0.1) is 6.58 Å². The van der Waals surface area contributed by atoms with Gasteiger partial charge in [0.2, 0.25) is 10.0 Å². The molecule has 1 saturated heterocycles. The van der Waals surface area contributed by atoms with E-state index in [4.69, 9.17) is 0 Å². The molecule has 0 bridgehead atoms. The molecule has 92 valence electrons. The summed E-state index contributed by atoms with van der Waals surface area (Å²) >= 11 is 0. The van der Waals surface area contributed by atoms with Crippen molar-refractivity contribution >= 4 is 10.0 Å². The molecule has 2 rings (SSSR count). The Morgan fingerprint density at radius 1 is 1.35 bits per heavy atom. The molecule has 0 unspecified atom stereocenters. The van der Waals surface area contributed by atoms with Gasteiger partial charge in [0.15, 0.2) is 0 Å². The number of nitrogens with zero attached hydrogens (tertiary/aromatic N) is 1. The summed E-state index contributed by atoms with van der Waals surface area (Å²) in [5.41, 5.74) is 0.628. The molecule has 0 spiro atoms. The van der Waals surface area contributed by atoms with E-state index in [0.717, 1.165) is 12.0 Å². The first-order valence-electron chi connectivity index (χ1n) is 5.63. The number of sulfonamides is 1.